The molecule has 0 aromatic carbocycles. The van der Waals surface area contributed by atoms with Crippen molar-refractivity contribution in [3.05, 3.63) is 0 Å². The summed E-state index contributed by atoms with van der Waals surface area (Å²) in [6, 6.07) is 0. The fourth-order valence-electron chi connectivity index (χ4n) is 2.51. The second-order valence-corrected chi connectivity index (χ2v) is 8.22. The molecule has 1 saturated carbocycles. The molecule has 0 N–H and O–H groups in total. The molecule has 1 aliphatic carbocycles. The van der Waals surface area contributed by atoms with Crippen LogP contribution in [0.4, 0.5) is 0 Å². The average Bonchev–Trinajstić information content (AvgIpc) is 2.50. The highest BCUT2D eigenvalue weighted by Crippen LogP contribution is 2.42. The van der Waals surface area contributed by atoms with Gasteiger partial charge in [-0.15, -0.1) is 0 Å². The molecular weight excluding hydrogens is 176 g/mol. The molecule has 0 saturated heterocycles. The lowest BCUT2D eigenvalue weighted by Gasteiger charge is -2.30. The van der Waals surface area contributed by atoms with Crippen LogP contribution < -0.4 is 0 Å². The van der Waals surface area contributed by atoms with Crippen molar-refractivity contribution in [1.29, 1.82) is 0 Å². The van der Waals surface area contributed by atoms with Gasteiger partial charge < -0.3 is 0 Å². The summed E-state index contributed by atoms with van der Waals surface area (Å²) in [6.45, 7) is 7.02. The molecular formula is C12H24S. The van der Waals surface area contributed by atoms with Gasteiger partial charge in [0.25, 0.3) is 0 Å². The normalized spacial score (nSPS) is 31.9. The summed E-state index contributed by atoms with van der Waals surface area (Å²) >= 11 is 0. The molecule has 0 aromatic rings. The summed E-state index contributed by atoms with van der Waals surface area (Å²) in [5.74, 6) is 11.7. The Labute approximate surface area is 84.2 Å². The quantitative estimate of drug-likeness (QED) is 0.612. The summed E-state index contributed by atoms with van der Waals surface area (Å²) in [5.41, 5.74) is 0. The zero-order chi connectivity index (χ0) is 10.1. The van der Waals surface area contributed by atoms with Crippen LogP contribution in [0.3, 0.4) is 0 Å². The lowest BCUT2D eigenvalue weighted by Crippen LogP contribution is -2.20. The third-order valence-electron chi connectivity index (χ3n) is 3.89. The van der Waals surface area contributed by atoms with Crippen LogP contribution >= 0.6 is 9.21 Å². The van der Waals surface area contributed by atoms with E-state index in [1.807, 2.05) is 0 Å². The van der Waals surface area contributed by atoms with E-state index in [1.54, 1.807) is 0 Å². The Morgan fingerprint density at radius 2 is 2.00 bits per heavy atom. The largest absolute Gasteiger partial charge is 0.212 e. The Bertz CT molecular complexity index is 248. The minimum Gasteiger partial charge on any atom is -0.212 e. The van der Waals surface area contributed by atoms with Crippen molar-refractivity contribution < 1.29 is 0 Å². The van der Waals surface area contributed by atoms with E-state index in [-0.39, 0.29) is 0 Å². The van der Waals surface area contributed by atoms with E-state index in [4.69, 9.17) is 0 Å². The highest BCUT2D eigenvalue weighted by molar-refractivity contribution is 8.28. The van der Waals surface area contributed by atoms with Gasteiger partial charge >= 0.3 is 0 Å². The predicted molar refractivity (Wildman–Crippen MR) is 68.3 cm³/mol. The van der Waals surface area contributed by atoms with Gasteiger partial charge in [0.15, 0.2) is 0 Å². The van der Waals surface area contributed by atoms with Gasteiger partial charge in [-0.05, 0) is 29.3 Å². The maximum Gasteiger partial charge on any atom is -0.00520 e. The molecule has 0 amide bonds. The molecule has 0 aromatic heterocycles. The fraction of sp³-hybridized carbons (Fsp3) is 0.833. The summed E-state index contributed by atoms with van der Waals surface area (Å²) in [4.78, 5) is 0. The van der Waals surface area contributed by atoms with Crippen molar-refractivity contribution in [2.45, 2.75) is 45.3 Å². The van der Waals surface area contributed by atoms with Gasteiger partial charge in [-0.1, -0.05) is 45.4 Å². The second-order valence-electron chi connectivity index (χ2n) is 4.68. The Morgan fingerprint density at radius 1 is 1.38 bits per heavy atom. The molecule has 3 atom stereocenters. The molecule has 0 spiro atoms. The molecule has 0 radical (unpaired) electrons. The van der Waals surface area contributed by atoms with Gasteiger partial charge in [-0.3, -0.25) is 0 Å². The lowest BCUT2D eigenvalue weighted by molar-refractivity contribution is 0.416. The summed E-state index contributed by atoms with van der Waals surface area (Å²) in [6.07, 6.45) is 4.27. The van der Waals surface area contributed by atoms with E-state index in [0.717, 1.165) is 17.1 Å². The Kier molecular flexibility index (Phi) is 3.50. The minimum absolute atomic E-state index is 0.759. The van der Waals surface area contributed by atoms with E-state index in [2.05, 4.69) is 32.5 Å². The average molecular weight is 200 g/mol. The first-order chi connectivity index (χ1) is 5.99. The van der Waals surface area contributed by atoms with Crippen molar-refractivity contribution in [2.24, 2.45) is 11.8 Å². The van der Waals surface area contributed by atoms with Gasteiger partial charge in [0.2, 0.25) is 0 Å². The SMILES string of the molecule is C=S(=C)(CC)C(C)C1CCCC1C. The third-order valence-corrected chi connectivity index (χ3v) is 6.97. The van der Waals surface area contributed by atoms with Crippen molar-refractivity contribution >= 4 is 20.9 Å². The van der Waals surface area contributed by atoms with Crippen LogP contribution in [0.15, 0.2) is 0 Å². The number of hydrogen-bond donors (Lipinski definition) is 0. The maximum atomic E-state index is 4.34. The Hall–Kier alpha value is 0.0900. The van der Waals surface area contributed by atoms with E-state index >= 15 is 0 Å². The van der Waals surface area contributed by atoms with Crippen LogP contribution in [-0.4, -0.2) is 22.7 Å². The molecule has 78 valence electrons. The van der Waals surface area contributed by atoms with Crippen LogP contribution in [0.5, 0.6) is 0 Å². The highest BCUT2D eigenvalue weighted by Gasteiger charge is 2.29. The fourth-order valence-corrected chi connectivity index (χ4v) is 4.18. The van der Waals surface area contributed by atoms with Gasteiger partial charge in [0.05, 0.1) is 0 Å². The molecule has 1 heteroatoms. The van der Waals surface area contributed by atoms with Crippen LogP contribution in [0.1, 0.15) is 40.0 Å². The standard InChI is InChI=1S/C12H24S/c1-6-13(4,5)11(3)12-9-7-8-10(12)2/h10-12H,4-9H2,1-3H3. The first kappa shape index (κ1) is 11.2. The smallest absolute Gasteiger partial charge is 0.00520 e. The third kappa shape index (κ3) is 2.31. The van der Waals surface area contributed by atoms with E-state index < -0.39 is 9.21 Å². The van der Waals surface area contributed by atoms with Crippen LogP contribution in [0.25, 0.3) is 0 Å². The molecule has 1 aliphatic rings. The van der Waals surface area contributed by atoms with Crippen molar-refractivity contribution in [1.82, 2.24) is 0 Å². The Balaban J connectivity index is 2.72. The number of rotatable bonds is 3. The summed E-state index contributed by atoms with van der Waals surface area (Å²) < 4.78 is 0. The topological polar surface area (TPSA) is 0 Å². The van der Waals surface area contributed by atoms with Gasteiger partial charge in [0.1, 0.15) is 0 Å². The molecule has 0 bridgehead atoms. The highest BCUT2D eigenvalue weighted by atomic mass is 32.2. The Morgan fingerprint density at radius 3 is 2.38 bits per heavy atom. The molecule has 1 fully saturated rings. The van der Waals surface area contributed by atoms with Gasteiger partial charge in [-0.2, -0.15) is 0 Å². The van der Waals surface area contributed by atoms with E-state index in [9.17, 15) is 0 Å². The lowest BCUT2D eigenvalue weighted by atomic mass is 9.95. The van der Waals surface area contributed by atoms with Crippen molar-refractivity contribution in [3.63, 3.8) is 0 Å². The molecule has 3 unspecified atom stereocenters. The molecule has 0 heterocycles. The van der Waals surface area contributed by atoms with Crippen LogP contribution in [-0.2, 0) is 0 Å². The summed E-state index contributed by atoms with van der Waals surface area (Å²) in [7, 11) is -0.815. The first-order valence-electron chi connectivity index (χ1n) is 5.45. The van der Waals surface area contributed by atoms with E-state index in [0.29, 0.717) is 0 Å². The molecule has 0 nitrogen and oxygen atoms in total. The van der Waals surface area contributed by atoms with Crippen LogP contribution in [0.2, 0.25) is 0 Å². The zero-order valence-electron chi connectivity index (χ0n) is 9.38. The van der Waals surface area contributed by atoms with Crippen molar-refractivity contribution in [2.75, 3.05) is 5.75 Å². The predicted octanol–water partition coefficient (Wildman–Crippen LogP) is 3.50. The summed E-state index contributed by atoms with van der Waals surface area (Å²) in [5, 5.41) is 0.759. The molecule has 1 rings (SSSR count). The van der Waals surface area contributed by atoms with Crippen LogP contribution in [0, 0.1) is 11.8 Å². The maximum absolute atomic E-state index is 4.34. The van der Waals surface area contributed by atoms with E-state index in [1.165, 1.54) is 25.0 Å². The molecule has 0 aliphatic heterocycles. The van der Waals surface area contributed by atoms with Gasteiger partial charge in [0, 0.05) is 0 Å². The first-order valence-corrected chi connectivity index (χ1v) is 7.65. The monoisotopic (exact) mass is 200 g/mol. The minimum atomic E-state index is -0.815. The molecule has 13 heavy (non-hydrogen) atoms. The van der Waals surface area contributed by atoms with Crippen molar-refractivity contribution in [3.8, 4) is 0 Å². The van der Waals surface area contributed by atoms with Gasteiger partial charge in [-0.25, -0.2) is 9.21 Å². The zero-order valence-corrected chi connectivity index (χ0v) is 10.2. The number of hydrogen-bond acceptors (Lipinski definition) is 0. The second kappa shape index (κ2) is 4.08.